The Balaban J connectivity index is 2.00. The molecule has 0 aliphatic rings. The average Bonchev–Trinajstić information content (AvgIpc) is 2.61. The maximum atomic E-state index is 9.01. The van der Waals surface area contributed by atoms with Gasteiger partial charge in [-0.3, -0.25) is 0 Å². The maximum absolute atomic E-state index is 9.01. The molecule has 0 radical (unpaired) electrons. The molecule has 0 spiro atoms. The van der Waals surface area contributed by atoms with Crippen molar-refractivity contribution in [1.29, 1.82) is 0 Å². The Hall–Kier alpha value is -2.37. The molecule has 0 unspecified atom stereocenters. The van der Waals surface area contributed by atoms with Crippen molar-refractivity contribution in [3.8, 4) is 5.75 Å². The lowest BCUT2D eigenvalue weighted by Gasteiger charge is -2.18. The third-order valence-electron chi connectivity index (χ3n) is 4.16. The number of pyridine rings is 1. The molecule has 0 atom stereocenters. The molecule has 0 fully saturated rings. The molecule has 0 aliphatic heterocycles. The zero-order valence-electron chi connectivity index (χ0n) is 14.1. The van der Waals surface area contributed by atoms with E-state index in [9.17, 15) is 0 Å². The summed E-state index contributed by atoms with van der Waals surface area (Å²) in [6, 6.07) is 14.1. The first kappa shape index (κ1) is 16.5. The number of benzene rings is 2. The fourth-order valence-corrected chi connectivity index (χ4v) is 2.84. The summed E-state index contributed by atoms with van der Waals surface area (Å²) in [5.74, 6) is 0.819. The third-order valence-corrected chi connectivity index (χ3v) is 4.16. The number of methoxy groups -OCH3 is 1. The fourth-order valence-electron chi connectivity index (χ4n) is 2.84. The molecular formula is C19H23N3O2. The SMILES string of the molecule is COc1ccc2nc3ccccc3c(NCCN(C)CCO)c2c1. The summed E-state index contributed by atoms with van der Waals surface area (Å²) < 4.78 is 5.37. The number of para-hydroxylation sites is 1. The van der Waals surface area contributed by atoms with E-state index in [1.807, 2.05) is 43.4 Å². The van der Waals surface area contributed by atoms with Gasteiger partial charge in [0.2, 0.25) is 0 Å². The number of nitrogens with one attached hydrogen (secondary N) is 1. The molecule has 0 saturated heterocycles. The number of fused-ring (bicyclic) bond motifs is 2. The second-order valence-electron chi connectivity index (χ2n) is 5.84. The minimum atomic E-state index is 0.175. The third kappa shape index (κ3) is 3.42. The first-order valence-electron chi connectivity index (χ1n) is 8.12. The van der Waals surface area contributed by atoms with Gasteiger partial charge in [0.25, 0.3) is 0 Å². The van der Waals surface area contributed by atoms with Gasteiger partial charge in [-0.2, -0.15) is 0 Å². The number of aromatic nitrogens is 1. The smallest absolute Gasteiger partial charge is 0.119 e. The van der Waals surface area contributed by atoms with Crippen LogP contribution in [0.5, 0.6) is 5.75 Å². The van der Waals surface area contributed by atoms with Crippen molar-refractivity contribution in [2.75, 3.05) is 45.7 Å². The summed E-state index contributed by atoms with van der Waals surface area (Å²) in [5, 5.41) is 14.7. The molecule has 3 aromatic rings. The number of likely N-dealkylation sites (N-methyl/N-ethyl adjacent to an activating group) is 1. The number of ether oxygens (including phenoxy) is 1. The van der Waals surface area contributed by atoms with Crippen LogP contribution >= 0.6 is 0 Å². The largest absolute Gasteiger partial charge is 0.497 e. The van der Waals surface area contributed by atoms with Crippen LogP contribution in [0.2, 0.25) is 0 Å². The Bertz CT molecular complexity index is 835. The highest BCUT2D eigenvalue weighted by Crippen LogP contribution is 2.32. The Kier molecular flexibility index (Phi) is 5.13. The molecule has 0 amide bonds. The standard InChI is InChI=1S/C19H23N3O2/c1-22(11-12-23)10-9-20-19-15-5-3-4-6-17(15)21-18-8-7-14(24-2)13-16(18)19/h3-8,13,23H,9-12H2,1-2H3,(H,20,21). The fraction of sp³-hybridized carbons (Fsp3) is 0.316. The van der Waals surface area contributed by atoms with Crippen molar-refractivity contribution < 1.29 is 9.84 Å². The van der Waals surface area contributed by atoms with Gasteiger partial charge in [-0.25, -0.2) is 4.98 Å². The highest BCUT2D eigenvalue weighted by Gasteiger charge is 2.10. The molecule has 126 valence electrons. The lowest BCUT2D eigenvalue weighted by atomic mass is 10.1. The first-order chi connectivity index (χ1) is 11.7. The number of anilines is 1. The highest BCUT2D eigenvalue weighted by molar-refractivity contribution is 6.07. The van der Waals surface area contributed by atoms with Crippen molar-refractivity contribution >= 4 is 27.5 Å². The predicted octanol–water partition coefficient (Wildman–Crippen LogP) is 2.73. The van der Waals surface area contributed by atoms with Crippen LogP contribution in [-0.4, -0.2) is 55.4 Å². The monoisotopic (exact) mass is 325 g/mol. The predicted molar refractivity (Wildman–Crippen MR) is 98.9 cm³/mol. The zero-order chi connectivity index (χ0) is 16.9. The van der Waals surface area contributed by atoms with Gasteiger partial charge >= 0.3 is 0 Å². The van der Waals surface area contributed by atoms with Gasteiger partial charge in [-0.05, 0) is 31.3 Å². The maximum Gasteiger partial charge on any atom is 0.119 e. The quantitative estimate of drug-likeness (QED) is 0.654. The van der Waals surface area contributed by atoms with Crippen molar-refractivity contribution in [3.05, 3.63) is 42.5 Å². The van der Waals surface area contributed by atoms with Gasteiger partial charge in [-0.15, -0.1) is 0 Å². The topological polar surface area (TPSA) is 57.6 Å². The van der Waals surface area contributed by atoms with Crippen LogP contribution < -0.4 is 10.1 Å². The van der Waals surface area contributed by atoms with Crippen LogP contribution in [0.4, 0.5) is 5.69 Å². The molecule has 5 nitrogen and oxygen atoms in total. The summed E-state index contributed by atoms with van der Waals surface area (Å²) in [7, 11) is 3.68. The number of aliphatic hydroxyl groups is 1. The first-order valence-corrected chi connectivity index (χ1v) is 8.12. The lowest BCUT2D eigenvalue weighted by molar-refractivity contribution is 0.225. The number of nitrogens with zero attached hydrogens (tertiary/aromatic N) is 2. The van der Waals surface area contributed by atoms with Crippen LogP contribution in [0.3, 0.4) is 0 Å². The van der Waals surface area contributed by atoms with Gasteiger partial charge in [-0.1, -0.05) is 18.2 Å². The number of hydrogen-bond donors (Lipinski definition) is 2. The Labute approximate surface area is 141 Å². The molecule has 0 aliphatic carbocycles. The van der Waals surface area contributed by atoms with Crippen LogP contribution in [0.25, 0.3) is 21.8 Å². The van der Waals surface area contributed by atoms with Crippen LogP contribution in [0.15, 0.2) is 42.5 Å². The highest BCUT2D eigenvalue weighted by atomic mass is 16.5. The van der Waals surface area contributed by atoms with E-state index in [1.165, 1.54) is 0 Å². The molecular weight excluding hydrogens is 302 g/mol. The van der Waals surface area contributed by atoms with Crippen LogP contribution in [-0.2, 0) is 0 Å². The molecule has 3 rings (SSSR count). The van der Waals surface area contributed by atoms with E-state index < -0.39 is 0 Å². The van der Waals surface area contributed by atoms with Gasteiger partial charge in [0.1, 0.15) is 5.75 Å². The van der Waals surface area contributed by atoms with Gasteiger partial charge in [0.15, 0.2) is 0 Å². The lowest BCUT2D eigenvalue weighted by Crippen LogP contribution is -2.27. The second kappa shape index (κ2) is 7.47. The van der Waals surface area contributed by atoms with E-state index in [2.05, 4.69) is 16.3 Å². The van der Waals surface area contributed by atoms with Crippen molar-refractivity contribution in [1.82, 2.24) is 9.88 Å². The molecule has 0 saturated carbocycles. The van der Waals surface area contributed by atoms with E-state index in [0.29, 0.717) is 6.54 Å². The number of aliphatic hydroxyl groups excluding tert-OH is 1. The summed E-state index contributed by atoms with van der Waals surface area (Å²) in [6.07, 6.45) is 0. The number of hydrogen-bond acceptors (Lipinski definition) is 5. The van der Waals surface area contributed by atoms with Crippen LogP contribution in [0, 0.1) is 0 Å². The van der Waals surface area contributed by atoms with E-state index in [-0.39, 0.29) is 6.61 Å². The van der Waals surface area contributed by atoms with Crippen molar-refractivity contribution in [2.45, 2.75) is 0 Å². The summed E-state index contributed by atoms with van der Waals surface area (Å²) >= 11 is 0. The summed E-state index contributed by atoms with van der Waals surface area (Å²) in [4.78, 5) is 6.84. The van der Waals surface area contributed by atoms with E-state index >= 15 is 0 Å². The average molecular weight is 325 g/mol. The van der Waals surface area contributed by atoms with Gasteiger partial charge < -0.3 is 20.1 Å². The van der Waals surface area contributed by atoms with E-state index in [4.69, 9.17) is 14.8 Å². The minimum Gasteiger partial charge on any atom is -0.497 e. The van der Waals surface area contributed by atoms with Crippen molar-refractivity contribution in [2.24, 2.45) is 0 Å². The Morgan fingerprint density at radius 1 is 1.08 bits per heavy atom. The Morgan fingerprint density at radius 2 is 1.88 bits per heavy atom. The molecule has 2 N–H and O–H groups in total. The molecule has 24 heavy (non-hydrogen) atoms. The van der Waals surface area contributed by atoms with Crippen molar-refractivity contribution in [3.63, 3.8) is 0 Å². The molecule has 1 heterocycles. The second-order valence-corrected chi connectivity index (χ2v) is 5.84. The van der Waals surface area contributed by atoms with E-state index in [1.54, 1.807) is 7.11 Å². The van der Waals surface area contributed by atoms with Gasteiger partial charge in [0, 0.05) is 30.4 Å². The van der Waals surface area contributed by atoms with E-state index in [0.717, 1.165) is 46.3 Å². The zero-order valence-corrected chi connectivity index (χ0v) is 14.1. The molecule has 1 aromatic heterocycles. The van der Waals surface area contributed by atoms with Gasteiger partial charge in [0.05, 0.1) is 30.4 Å². The summed E-state index contributed by atoms with van der Waals surface area (Å²) in [6.45, 7) is 2.49. The number of rotatable bonds is 7. The molecule has 5 heteroatoms. The molecule has 0 bridgehead atoms. The van der Waals surface area contributed by atoms with Crippen LogP contribution in [0.1, 0.15) is 0 Å². The molecule has 2 aromatic carbocycles. The Morgan fingerprint density at radius 3 is 2.67 bits per heavy atom. The summed E-state index contributed by atoms with van der Waals surface area (Å²) in [5.41, 5.74) is 2.99. The minimum absolute atomic E-state index is 0.175. The normalized spacial score (nSPS) is 11.3.